The van der Waals surface area contributed by atoms with Crippen molar-refractivity contribution >= 4 is 11.0 Å². The van der Waals surface area contributed by atoms with Crippen LogP contribution >= 0.6 is 0 Å². The molecule has 0 spiro atoms. The molecule has 8 heteroatoms. The van der Waals surface area contributed by atoms with E-state index >= 15 is 0 Å². The highest BCUT2D eigenvalue weighted by Crippen LogP contribution is 2.36. The zero-order valence-electron chi connectivity index (χ0n) is 14.1. The monoisotopic (exact) mass is 360 g/mol. The van der Waals surface area contributed by atoms with Crippen molar-refractivity contribution in [3.05, 3.63) is 17.2 Å². The topological polar surface area (TPSA) is 36.3 Å². The summed E-state index contributed by atoms with van der Waals surface area (Å²) in [5.74, 6) is -2.88. The van der Waals surface area contributed by atoms with Crippen molar-refractivity contribution in [1.29, 1.82) is 0 Å². The van der Waals surface area contributed by atoms with Crippen LogP contribution in [0.1, 0.15) is 37.7 Å². The van der Waals surface area contributed by atoms with E-state index in [2.05, 4.69) is 9.72 Å². The summed E-state index contributed by atoms with van der Waals surface area (Å²) in [7, 11) is 1.55. The number of rotatable bonds is 5. The van der Waals surface area contributed by atoms with Crippen molar-refractivity contribution in [2.45, 2.75) is 51.6 Å². The quantitative estimate of drug-likeness (QED) is 0.736. The molecule has 0 unspecified atom stereocenters. The lowest BCUT2D eigenvalue weighted by Crippen LogP contribution is -2.21. The molecule has 4 nitrogen and oxygen atoms in total. The highest BCUT2D eigenvalue weighted by molar-refractivity contribution is 5.83. The second kappa shape index (κ2) is 7.09. The van der Waals surface area contributed by atoms with Crippen LogP contribution in [0.3, 0.4) is 0 Å². The number of ether oxygens (including phenoxy) is 2. The summed E-state index contributed by atoms with van der Waals surface area (Å²) in [5.41, 5.74) is 0.122. The van der Waals surface area contributed by atoms with E-state index in [1.54, 1.807) is 7.05 Å². The summed E-state index contributed by atoms with van der Waals surface area (Å²) >= 11 is 0. The van der Waals surface area contributed by atoms with E-state index in [9.17, 15) is 17.6 Å². The van der Waals surface area contributed by atoms with E-state index in [0.717, 1.165) is 32.1 Å². The second-order valence-electron chi connectivity index (χ2n) is 6.31. The van der Waals surface area contributed by atoms with Crippen LogP contribution in [0, 0.1) is 18.6 Å². The van der Waals surface area contributed by atoms with E-state index in [4.69, 9.17) is 4.74 Å². The van der Waals surface area contributed by atoms with Gasteiger partial charge < -0.3 is 9.47 Å². The Morgan fingerprint density at radius 1 is 1.16 bits per heavy atom. The lowest BCUT2D eigenvalue weighted by atomic mass is 9.98. The maximum atomic E-state index is 14.7. The lowest BCUT2D eigenvalue weighted by molar-refractivity contribution is 0.0778. The largest absolute Gasteiger partial charge is 0.481 e. The highest BCUT2D eigenvalue weighted by atomic mass is 19.3. The molecule has 25 heavy (non-hydrogen) atoms. The number of fused-ring (bicyclic) bond motifs is 1. The molecule has 1 fully saturated rings. The minimum Gasteiger partial charge on any atom is -0.481 e. The molecule has 0 aliphatic heterocycles. The zero-order valence-corrected chi connectivity index (χ0v) is 14.1. The molecule has 1 aliphatic rings. The average molecular weight is 360 g/mol. The van der Waals surface area contributed by atoms with Crippen LogP contribution in [-0.4, -0.2) is 28.7 Å². The van der Waals surface area contributed by atoms with Gasteiger partial charge in [0.25, 0.3) is 12.4 Å². The molecule has 0 N–H and O–H groups in total. The fourth-order valence-electron chi connectivity index (χ4n) is 3.18. The van der Waals surface area contributed by atoms with Gasteiger partial charge in [0.2, 0.25) is 0 Å². The molecule has 0 bridgehead atoms. The molecule has 0 radical (unpaired) electrons. The Labute approximate surface area is 142 Å². The minimum atomic E-state index is -2.83. The van der Waals surface area contributed by atoms with E-state index in [-0.39, 0.29) is 28.7 Å². The van der Waals surface area contributed by atoms with Crippen molar-refractivity contribution < 1.29 is 27.0 Å². The average Bonchev–Trinajstić information content (AvgIpc) is 2.90. The third-order valence-corrected chi connectivity index (χ3v) is 4.52. The Morgan fingerprint density at radius 3 is 2.48 bits per heavy atom. The van der Waals surface area contributed by atoms with Gasteiger partial charge in [0.05, 0.1) is 0 Å². The second-order valence-corrected chi connectivity index (χ2v) is 6.31. The maximum absolute atomic E-state index is 14.7. The summed E-state index contributed by atoms with van der Waals surface area (Å²) in [6.07, 6.45) is 2.22. The Kier molecular flexibility index (Phi) is 5.06. The molecule has 1 saturated carbocycles. The predicted octanol–water partition coefficient (Wildman–Crippen LogP) is 4.52. The van der Waals surface area contributed by atoms with Crippen LogP contribution in [0.2, 0.25) is 0 Å². The molecule has 1 aromatic heterocycles. The van der Waals surface area contributed by atoms with Crippen LogP contribution in [0.25, 0.3) is 11.0 Å². The fourth-order valence-corrected chi connectivity index (χ4v) is 3.18. The van der Waals surface area contributed by atoms with Gasteiger partial charge in [-0.15, -0.1) is 0 Å². The van der Waals surface area contributed by atoms with Crippen LogP contribution in [0.4, 0.5) is 17.6 Å². The lowest BCUT2D eigenvalue weighted by Gasteiger charge is -2.22. The minimum absolute atomic E-state index is 0.00738. The maximum Gasteiger partial charge on any atom is 0.297 e. The number of nitrogens with zero attached hydrogens (tertiary/aromatic N) is 2. The predicted molar refractivity (Wildman–Crippen MR) is 84.4 cm³/mol. The first-order chi connectivity index (χ1) is 11.9. The van der Waals surface area contributed by atoms with Crippen molar-refractivity contribution in [1.82, 2.24) is 9.55 Å². The molecule has 0 amide bonds. The summed E-state index contributed by atoms with van der Waals surface area (Å²) < 4.78 is 65.6. The van der Waals surface area contributed by atoms with E-state index < -0.39 is 30.4 Å². The van der Waals surface area contributed by atoms with Gasteiger partial charge in [0, 0.05) is 12.6 Å². The van der Waals surface area contributed by atoms with Gasteiger partial charge >= 0.3 is 0 Å². The summed E-state index contributed by atoms with van der Waals surface area (Å²) in [4.78, 5) is 4.22. The molecule has 138 valence electrons. The van der Waals surface area contributed by atoms with Gasteiger partial charge in [-0.3, -0.25) is 4.57 Å². The first kappa shape index (κ1) is 17.8. The molecule has 0 saturated heterocycles. The summed E-state index contributed by atoms with van der Waals surface area (Å²) in [6.45, 7) is 0.325. The van der Waals surface area contributed by atoms with Gasteiger partial charge in [-0.05, 0) is 32.6 Å². The van der Waals surface area contributed by atoms with E-state index in [1.807, 2.05) is 0 Å². The third-order valence-electron chi connectivity index (χ3n) is 4.52. The van der Waals surface area contributed by atoms with Crippen LogP contribution in [0.15, 0.2) is 0 Å². The number of halogens is 4. The van der Waals surface area contributed by atoms with Crippen LogP contribution < -0.4 is 9.47 Å². The molecular weight excluding hydrogens is 340 g/mol. The zero-order chi connectivity index (χ0) is 18.1. The molecular formula is C17H20F4N2O2. The smallest absolute Gasteiger partial charge is 0.297 e. The molecule has 0 atom stereocenters. The molecule has 1 aromatic carbocycles. The number of aromatic nitrogens is 2. The van der Waals surface area contributed by atoms with Crippen LogP contribution in [0.5, 0.6) is 11.8 Å². The number of aryl methyl sites for hydroxylation is 2. The Bertz CT molecular complexity index is 770. The Balaban J connectivity index is 2.01. The number of alkyl halides is 2. The first-order valence-electron chi connectivity index (χ1n) is 8.31. The van der Waals surface area contributed by atoms with Crippen molar-refractivity contribution in [2.24, 2.45) is 7.05 Å². The third kappa shape index (κ3) is 3.39. The summed E-state index contributed by atoms with van der Waals surface area (Å²) in [6, 6.07) is 0.189. The molecule has 1 aliphatic carbocycles. The number of benzene rings is 1. The highest BCUT2D eigenvalue weighted by Gasteiger charge is 2.26. The van der Waals surface area contributed by atoms with Gasteiger partial charge in [-0.1, -0.05) is 6.42 Å². The van der Waals surface area contributed by atoms with E-state index in [0.29, 0.717) is 0 Å². The van der Waals surface area contributed by atoms with Crippen LogP contribution in [-0.2, 0) is 7.05 Å². The normalized spacial score (nSPS) is 16.0. The molecule has 3 rings (SSSR count). The van der Waals surface area contributed by atoms with E-state index in [1.165, 1.54) is 11.5 Å². The van der Waals surface area contributed by atoms with Gasteiger partial charge in [-0.2, -0.15) is 4.98 Å². The Hall–Kier alpha value is -1.99. The van der Waals surface area contributed by atoms with Gasteiger partial charge in [0.15, 0.2) is 17.4 Å². The van der Waals surface area contributed by atoms with Crippen molar-refractivity contribution in [2.75, 3.05) is 6.61 Å². The van der Waals surface area contributed by atoms with Gasteiger partial charge in [-0.25, -0.2) is 17.6 Å². The molecule has 1 heterocycles. The standard InChI is InChI=1S/C17H20F4N2O2/c1-9-12(20)16(24-8-11(18)19)13(21)15-14(9)22-17(23(15)2)25-10-6-4-3-5-7-10/h10-11H,3-8H2,1-2H3. The first-order valence-corrected chi connectivity index (χ1v) is 8.31. The number of imidazole rings is 1. The number of hydrogen-bond donors (Lipinski definition) is 0. The molecule has 2 aromatic rings. The van der Waals surface area contributed by atoms with Gasteiger partial charge in [0.1, 0.15) is 23.7 Å². The van der Waals surface area contributed by atoms with Crippen molar-refractivity contribution in [3.8, 4) is 11.8 Å². The number of hydrogen-bond acceptors (Lipinski definition) is 3. The summed E-state index contributed by atoms with van der Waals surface area (Å²) in [5, 5.41) is 0. The fraction of sp³-hybridized carbons (Fsp3) is 0.588. The Morgan fingerprint density at radius 2 is 1.84 bits per heavy atom. The van der Waals surface area contributed by atoms with Crippen molar-refractivity contribution in [3.63, 3.8) is 0 Å². The SMILES string of the molecule is Cc1c(F)c(OCC(F)F)c(F)c2c1nc(OC1CCCCC1)n2C.